The Morgan fingerprint density at radius 2 is 1.91 bits per heavy atom. The van der Waals surface area contributed by atoms with Gasteiger partial charge in [0.2, 0.25) is 16.8 Å². The number of nitrogens with zero attached hydrogens (tertiary/aromatic N) is 4. The van der Waals surface area contributed by atoms with Crippen LogP contribution in [0, 0.1) is 5.92 Å². The van der Waals surface area contributed by atoms with Gasteiger partial charge in [-0.25, -0.2) is 0 Å². The molecule has 1 N–H and O–H groups in total. The van der Waals surface area contributed by atoms with Gasteiger partial charge < -0.3 is 13.8 Å². The fourth-order valence-corrected chi connectivity index (χ4v) is 5.60. The van der Waals surface area contributed by atoms with Crippen LogP contribution in [0.2, 0.25) is 0 Å². The van der Waals surface area contributed by atoms with Gasteiger partial charge in [-0.2, -0.15) is 0 Å². The standard InChI is InChI=1S/C24H23N5O4S2/c30-21(29-10-8-17(9-11-29)13-16-5-2-1-3-6-16)15-34-24-27-26-23(35-24)25-22(31)18-14-20(33-28-18)19-7-4-12-32-19/h1-7,12,14,17H,8-11,13,15H2,(H,25,26,31). The molecule has 5 rings (SSSR count). The van der Waals surface area contributed by atoms with E-state index in [0.717, 1.165) is 32.4 Å². The first-order chi connectivity index (χ1) is 17.1. The van der Waals surface area contributed by atoms with Gasteiger partial charge >= 0.3 is 0 Å². The fourth-order valence-electron chi connectivity index (χ4n) is 3.95. The van der Waals surface area contributed by atoms with Gasteiger partial charge in [0.15, 0.2) is 15.8 Å². The number of rotatable bonds is 8. The minimum absolute atomic E-state index is 0.0991. The number of hydrogen-bond acceptors (Lipinski definition) is 9. The van der Waals surface area contributed by atoms with Crippen LogP contribution in [0.15, 0.2) is 68.1 Å². The smallest absolute Gasteiger partial charge is 0.279 e. The molecule has 0 radical (unpaired) electrons. The average molecular weight is 510 g/mol. The Morgan fingerprint density at radius 3 is 2.69 bits per heavy atom. The molecule has 4 heterocycles. The number of anilines is 1. The monoisotopic (exact) mass is 509 g/mol. The first kappa shape index (κ1) is 23.3. The largest absolute Gasteiger partial charge is 0.461 e. The number of carbonyl (C=O) groups is 2. The van der Waals surface area contributed by atoms with E-state index in [-0.39, 0.29) is 11.6 Å². The van der Waals surface area contributed by atoms with Crippen molar-refractivity contribution < 1.29 is 18.5 Å². The van der Waals surface area contributed by atoms with Gasteiger partial charge in [-0.3, -0.25) is 14.9 Å². The molecule has 11 heteroatoms. The van der Waals surface area contributed by atoms with E-state index in [0.29, 0.717) is 32.7 Å². The summed E-state index contributed by atoms with van der Waals surface area (Å²) in [4.78, 5) is 27.0. The maximum absolute atomic E-state index is 12.7. The van der Waals surface area contributed by atoms with Crippen molar-refractivity contribution in [3.8, 4) is 11.5 Å². The molecular formula is C24H23N5O4S2. The fraction of sp³-hybridized carbons (Fsp3) is 0.292. The number of hydrogen-bond donors (Lipinski definition) is 1. The number of likely N-dealkylation sites (tertiary alicyclic amines) is 1. The number of aromatic nitrogens is 3. The molecule has 1 aliphatic heterocycles. The lowest BCUT2D eigenvalue weighted by atomic mass is 9.90. The van der Waals surface area contributed by atoms with Crippen LogP contribution in [0.5, 0.6) is 0 Å². The van der Waals surface area contributed by atoms with Gasteiger partial charge in [-0.1, -0.05) is 58.6 Å². The van der Waals surface area contributed by atoms with Crippen LogP contribution in [0.3, 0.4) is 0 Å². The lowest BCUT2D eigenvalue weighted by molar-refractivity contribution is -0.129. The number of carbonyl (C=O) groups excluding carboxylic acids is 2. The molecule has 1 saturated heterocycles. The topological polar surface area (TPSA) is 114 Å². The van der Waals surface area contributed by atoms with Gasteiger partial charge in [0, 0.05) is 19.2 Å². The minimum atomic E-state index is -0.464. The summed E-state index contributed by atoms with van der Waals surface area (Å²) in [6.07, 6.45) is 4.61. The SMILES string of the molecule is O=C(Nc1nnc(SCC(=O)N2CCC(Cc3ccccc3)CC2)s1)c1cc(-c2ccco2)on1. The van der Waals surface area contributed by atoms with E-state index in [4.69, 9.17) is 8.94 Å². The molecule has 3 aromatic heterocycles. The van der Waals surface area contributed by atoms with E-state index in [1.165, 1.54) is 41.0 Å². The Hall–Kier alpha value is -3.44. The van der Waals surface area contributed by atoms with Crippen molar-refractivity contribution in [2.75, 3.05) is 24.2 Å². The van der Waals surface area contributed by atoms with Crippen LogP contribution in [0.4, 0.5) is 5.13 Å². The third-order valence-electron chi connectivity index (χ3n) is 5.79. The highest BCUT2D eigenvalue weighted by Gasteiger charge is 2.23. The number of amides is 2. The predicted molar refractivity (Wildman–Crippen MR) is 132 cm³/mol. The maximum Gasteiger partial charge on any atom is 0.279 e. The summed E-state index contributed by atoms with van der Waals surface area (Å²) in [6, 6.07) is 15.4. The molecule has 1 aliphatic rings. The molecule has 0 aliphatic carbocycles. The average Bonchev–Trinajstić information content (AvgIpc) is 3.66. The van der Waals surface area contributed by atoms with Crippen molar-refractivity contribution in [3.63, 3.8) is 0 Å². The first-order valence-electron chi connectivity index (χ1n) is 11.2. The molecule has 0 atom stereocenters. The van der Waals surface area contributed by atoms with Gasteiger partial charge in [0.1, 0.15) is 0 Å². The Kier molecular flexibility index (Phi) is 7.24. The minimum Gasteiger partial charge on any atom is -0.461 e. The summed E-state index contributed by atoms with van der Waals surface area (Å²) in [6.45, 7) is 1.57. The molecule has 0 saturated carbocycles. The van der Waals surface area contributed by atoms with Crippen molar-refractivity contribution in [3.05, 3.63) is 66.1 Å². The lowest BCUT2D eigenvalue weighted by Crippen LogP contribution is -2.39. The Balaban J connectivity index is 1.06. The predicted octanol–water partition coefficient (Wildman–Crippen LogP) is 4.61. The van der Waals surface area contributed by atoms with Gasteiger partial charge in [0.25, 0.3) is 5.91 Å². The number of benzene rings is 1. The molecule has 2 amide bonds. The van der Waals surface area contributed by atoms with Crippen LogP contribution in [-0.2, 0) is 11.2 Å². The summed E-state index contributed by atoms with van der Waals surface area (Å²) < 4.78 is 11.0. The Morgan fingerprint density at radius 1 is 1.09 bits per heavy atom. The van der Waals surface area contributed by atoms with Crippen molar-refractivity contribution >= 4 is 40.0 Å². The molecule has 9 nitrogen and oxygen atoms in total. The van der Waals surface area contributed by atoms with Gasteiger partial charge in [-0.15, -0.1) is 10.2 Å². The van der Waals surface area contributed by atoms with Crippen molar-refractivity contribution in [2.24, 2.45) is 5.92 Å². The second-order valence-electron chi connectivity index (χ2n) is 8.18. The zero-order valence-corrected chi connectivity index (χ0v) is 20.4. The maximum atomic E-state index is 12.7. The zero-order chi connectivity index (χ0) is 24.0. The van der Waals surface area contributed by atoms with E-state index in [9.17, 15) is 9.59 Å². The third kappa shape index (κ3) is 5.98. The summed E-state index contributed by atoms with van der Waals surface area (Å²) >= 11 is 2.54. The van der Waals surface area contributed by atoms with Crippen molar-refractivity contribution in [2.45, 2.75) is 23.6 Å². The highest BCUT2D eigenvalue weighted by atomic mass is 32.2. The van der Waals surface area contributed by atoms with E-state index >= 15 is 0 Å². The van der Waals surface area contributed by atoms with Crippen molar-refractivity contribution in [1.29, 1.82) is 0 Å². The quantitative estimate of drug-likeness (QED) is 0.270. The first-order valence-corrected chi connectivity index (χ1v) is 13.0. The van der Waals surface area contributed by atoms with Crippen LogP contribution in [0.25, 0.3) is 11.5 Å². The molecule has 180 valence electrons. The van der Waals surface area contributed by atoms with Crippen LogP contribution < -0.4 is 5.32 Å². The number of nitrogens with one attached hydrogen (secondary N) is 1. The summed E-state index contributed by atoms with van der Waals surface area (Å²) in [5, 5.41) is 14.8. The van der Waals surface area contributed by atoms with Gasteiger partial charge in [0.05, 0.1) is 12.0 Å². The molecular weight excluding hydrogens is 486 g/mol. The van der Waals surface area contributed by atoms with Crippen molar-refractivity contribution in [1.82, 2.24) is 20.3 Å². The molecule has 1 aromatic carbocycles. The number of thioether (sulfide) groups is 1. The van der Waals surface area contributed by atoms with Gasteiger partial charge in [-0.05, 0) is 42.9 Å². The van der Waals surface area contributed by atoms with Crippen LogP contribution in [0.1, 0.15) is 28.9 Å². The summed E-state index contributed by atoms with van der Waals surface area (Å²) in [7, 11) is 0. The van der Waals surface area contributed by atoms with E-state index in [1.807, 2.05) is 11.0 Å². The normalized spacial score (nSPS) is 14.2. The van der Waals surface area contributed by atoms with Crippen LogP contribution in [-0.4, -0.2) is 50.9 Å². The number of piperidine rings is 1. The number of furan rings is 1. The molecule has 0 spiro atoms. The zero-order valence-electron chi connectivity index (χ0n) is 18.8. The molecule has 4 aromatic rings. The Labute approximate surface area is 209 Å². The molecule has 0 bridgehead atoms. The summed E-state index contributed by atoms with van der Waals surface area (Å²) in [5.41, 5.74) is 1.46. The third-order valence-corrected chi connectivity index (χ3v) is 7.74. The second kappa shape index (κ2) is 10.9. The van der Waals surface area contributed by atoms with E-state index in [2.05, 4.69) is 44.9 Å². The van der Waals surface area contributed by atoms with E-state index < -0.39 is 5.91 Å². The second-order valence-corrected chi connectivity index (χ2v) is 10.4. The van der Waals surface area contributed by atoms with Crippen LogP contribution >= 0.6 is 23.1 Å². The van der Waals surface area contributed by atoms with E-state index in [1.54, 1.807) is 12.1 Å². The molecule has 1 fully saturated rings. The summed E-state index contributed by atoms with van der Waals surface area (Å²) in [5.74, 6) is 1.38. The Bertz CT molecular complexity index is 1260. The highest BCUT2D eigenvalue weighted by Crippen LogP contribution is 2.28. The molecule has 35 heavy (non-hydrogen) atoms. The lowest BCUT2D eigenvalue weighted by Gasteiger charge is -2.32. The highest BCUT2D eigenvalue weighted by molar-refractivity contribution is 8.01. The molecule has 0 unspecified atom stereocenters.